The summed E-state index contributed by atoms with van der Waals surface area (Å²) in [6.45, 7) is 8.88. The van der Waals surface area contributed by atoms with Gasteiger partial charge in [-0.3, -0.25) is 4.79 Å². The van der Waals surface area contributed by atoms with Crippen molar-refractivity contribution >= 4 is 11.9 Å². The molecule has 1 unspecified atom stereocenters. The van der Waals surface area contributed by atoms with Gasteiger partial charge in [-0.2, -0.15) is 0 Å². The van der Waals surface area contributed by atoms with Gasteiger partial charge in [0.25, 0.3) is 0 Å². The van der Waals surface area contributed by atoms with E-state index in [-0.39, 0.29) is 11.9 Å². The number of carbonyl (C=O) groups excluding carboxylic acids is 2. The molecule has 2 fully saturated rings. The van der Waals surface area contributed by atoms with Gasteiger partial charge < -0.3 is 20.9 Å². The highest BCUT2D eigenvalue weighted by Gasteiger charge is 2.27. The van der Waals surface area contributed by atoms with Crippen LogP contribution in [0.3, 0.4) is 0 Å². The molecule has 22 heavy (non-hydrogen) atoms. The third-order valence-electron chi connectivity index (χ3n) is 4.98. The third kappa shape index (κ3) is 4.87. The minimum atomic E-state index is -0.237. The highest BCUT2D eigenvalue weighted by atomic mass is 16.2. The number of likely N-dealkylation sites (tertiary alicyclic amines) is 2. The molecule has 0 saturated carbocycles. The van der Waals surface area contributed by atoms with Crippen LogP contribution in [-0.2, 0) is 4.79 Å². The molecule has 1 atom stereocenters. The summed E-state index contributed by atoms with van der Waals surface area (Å²) < 4.78 is 0. The molecule has 0 aliphatic carbocycles. The monoisotopic (exact) mass is 310 g/mol. The van der Waals surface area contributed by atoms with E-state index in [0.717, 1.165) is 45.6 Å². The number of hydrogen-bond donors (Lipinski definition) is 2. The largest absolute Gasteiger partial charge is 0.370 e. The standard InChI is InChI=1S/C16H30N4O2/c1-12(2)20-8-5-14(11-20)10-18-16(22)19-6-3-13(4-7-19)9-15(17)21/h12-14H,3-11H2,1-2H3,(H2,17,21)(H,18,22). The topological polar surface area (TPSA) is 78.7 Å². The molecule has 2 aliphatic rings. The van der Waals surface area contributed by atoms with E-state index in [0.29, 0.717) is 24.3 Å². The Hall–Kier alpha value is -1.30. The average Bonchev–Trinajstić information content (AvgIpc) is 2.94. The van der Waals surface area contributed by atoms with Crippen molar-refractivity contribution in [2.75, 3.05) is 32.7 Å². The molecule has 0 aromatic carbocycles. The van der Waals surface area contributed by atoms with Crippen molar-refractivity contribution in [1.82, 2.24) is 15.1 Å². The zero-order valence-corrected chi connectivity index (χ0v) is 13.9. The lowest BCUT2D eigenvalue weighted by Crippen LogP contribution is -2.46. The predicted molar refractivity (Wildman–Crippen MR) is 86.3 cm³/mol. The first-order valence-corrected chi connectivity index (χ1v) is 8.50. The second-order valence-corrected chi connectivity index (χ2v) is 7.03. The fourth-order valence-corrected chi connectivity index (χ4v) is 3.47. The third-order valence-corrected chi connectivity index (χ3v) is 4.98. The van der Waals surface area contributed by atoms with Gasteiger partial charge in [0.1, 0.15) is 0 Å². The van der Waals surface area contributed by atoms with Crippen LogP contribution in [0.15, 0.2) is 0 Å². The number of nitrogens with zero attached hydrogens (tertiary/aromatic N) is 2. The molecule has 6 nitrogen and oxygen atoms in total. The number of hydrogen-bond acceptors (Lipinski definition) is 3. The van der Waals surface area contributed by atoms with Crippen LogP contribution < -0.4 is 11.1 Å². The Morgan fingerprint density at radius 2 is 1.77 bits per heavy atom. The minimum Gasteiger partial charge on any atom is -0.370 e. The predicted octanol–water partition coefficient (Wildman–Crippen LogP) is 1.01. The highest BCUT2D eigenvalue weighted by Crippen LogP contribution is 2.21. The fourth-order valence-electron chi connectivity index (χ4n) is 3.47. The van der Waals surface area contributed by atoms with E-state index in [1.807, 2.05) is 4.90 Å². The first-order chi connectivity index (χ1) is 10.5. The smallest absolute Gasteiger partial charge is 0.317 e. The number of nitrogens with one attached hydrogen (secondary N) is 1. The summed E-state index contributed by atoms with van der Waals surface area (Å²) in [5, 5.41) is 3.08. The Balaban J connectivity index is 1.65. The van der Waals surface area contributed by atoms with Crippen molar-refractivity contribution in [2.24, 2.45) is 17.6 Å². The lowest BCUT2D eigenvalue weighted by molar-refractivity contribution is -0.119. The number of nitrogens with two attached hydrogens (primary N) is 1. The van der Waals surface area contributed by atoms with Gasteiger partial charge in [-0.15, -0.1) is 0 Å². The lowest BCUT2D eigenvalue weighted by atomic mass is 9.93. The van der Waals surface area contributed by atoms with Crippen molar-refractivity contribution in [3.8, 4) is 0 Å². The number of urea groups is 1. The van der Waals surface area contributed by atoms with Gasteiger partial charge in [0.05, 0.1) is 0 Å². The lowest BCUT2D eigenvalue weighted by Gasteiger charge is -2.31. The molecule has 0 spiro atoms. The summed E-state index contributed by atoms with van der Waals surface area (Å²) in [6, 6.07) is 0.630. The van der Waals surface area contributed by atoms with Crippen LogP contribution in [0.2, 0.25) is 0 Å². The van der Waals surface area contributed by atoms with E-state index in [1.54, 1.807) is 0 Å². The van der Waals surface area contributed by atoms with Crippen molar-refractivity contribution < 1.29 is 9.59 Å². The van der Waals surface area contributed by atoms with E-state index >= 15 is 0 Å². The number of amides is 3. The maximum absolute atomic E-state index is 12.2. The molecule has 0 radical (unpaired) electrons. The van der Waals surface area contributed by atoms with E-state index in [2.05, 4.69) is 24.1 Å². The van der Waals surface area contributed by atoms with Gasteiger partial charge in [-0.05, 0) is 51.5 Å². The highest BCUT2D eigenvalue weighted by molar-refractivity contribution is 5.75. The maximum atomic E-state index is 12.2. The van der Waals surface area contributed by atoms with Crippen molar-refractivity contribution in [3.05, 3.63) is 0 Å². The Morgan fingerprint density at radius 3 is 2.32 bits per heavy atom. The summed E-state index contributed by atoms with van der Waals surface area (Å²) in [6.07, 6.45) is 3.36. The van der Waals surface area contributed by atoms with Crippen LogP contribution in [0, 0.1) is 11.8 Å². The molecule has 2 heterocycles. The second kappa shape index (κ2) is 7.81. The van der Waals surface area contributed by atoms with Gasteiger partial charge in [0.15, 0.2) is 0 Å². The summed E-state index contributed by atoms with van der Waals surface area (Å²) in [4.78, 5) is 27.5. The van der Waals surface area contributed by atoms with Crippen LogP contribution in [0.5, 0.6) is 0 Å². The van der Waals surface area contributed by atoms with Gasteiger partial charge in [0, 0.05) is 38.6 Å². The molecule has 3 N–H and O–H groups in total. The second-order valence-electron chi connectivity index (χ2n) is 7.03. The Bertz CT molecular complexity index is 392. The maximum Gasteiger partial charge on any atom is 0.317 e. The molecule has 2 aliphatic heterocycles. The summed E-state index contributed by atoms with van der Waals surface area (Å²) >= 11 is 0. The SMILES string of the molecule is CC(C)N1CCC(CNC(=O)N2CCC(CC(N)=O)CC2)C1. The molecular formula is C16H30N4O2. The molecule has 3 amide bonds. The van der Waals surface area contributed by atoms with Crippen LogP contribution in [0.25, 0.3) is 0 Å². The zero-order valence-electron chi connectivity index (χ0n) is 13.9. The van der Waals surface area contributed by atoms with Gasteiger partial charge in [0.2, 0.25) is 5.91 Å². The first-order valence-electron chi connectivity index (χ1n) is 8.50. The number of rotatable bonds is 5. The molecule has 6 heteroatoms. The summed E-state index contributed by atoms with van der Waals surface area (Å²) in [5.41, 5.74) is 5.23. The molecule has 0 aromatic heterocycles. The fraction of sp³-hybridized carbons (Fsp3) is 0.875. The Morgan fingerprint density at radius 1 is 1.14 bits per heavy atom. The molecule has 0 aromatic rings. The molecule has 2 saturated heterocycles. The van der Waals surface area contributed by atoms with Crippen molar-refractivity contribution in [1.29, 1.82) is 0 Å². The van der Waals surface area contributed by atoms with E-state index in [4.69, 9.17) is 5.73 Å². The Labute approximate surface area is 133 Å². The van der Waals surface area contributed by atoms with E-state index < -0.39 is 0 Å². The van der Waals surface area contributed by atoms with Gasteiger partial charge in [-0.25, -0.2) is 4.79 Å². The van der Waals surface area contributed by atoms with E-state index in [9.17, 15) is 9.59 Å². The van der Waals surface area contributed by atoms with Gasteiger partial charge >= 0.3 is 6.03 Å². The molecule has 2 rings (SSSR count). The Kier molecular flexibility index (Phi) is 6.06. The average molecular weight is 310 g/mol. The van der Waals surface area contributed by atoms with Crippen LogP contribution in [0.4, 0.5) is 4.79 Å². The minimum absolute atomic E-state index is 0.0421. The molecule has 0 bridgehead atoms. The van der Waals surface area contributed by atoms with Crippen molar-refractivity contribution in [3.63, 3.8) is 0 Å². The molecular weight excluding hydrogens is 280 g/mol. The normalized spacial score (nSPS) is 24.0. The number of piperidine rings is 1. The molecule has 126 valence electrons. The van der Waals surface area contributed by atoms with Crippen LogP contribution in [-0.4, -0.2) is 60.5 Å². The zero-order chi connectivity index (χ0) is 16.1. The van der Waals surface area contributed by atoms with Crippen molar-refractivity contribution in [2.45, 2.75) is 45.6 Å². The first kappa shape index (κ1) is 17.1. The van der Waals surface area contributed by atoms with Gasteiger partial charge in [-0.1, -0.05) is 0 Å². The number of primary amides is 1. The summed E-state index contributed by atoms with van der Waals surface area (Å²) in [7, 11) is 0. The van der Waals surface area contributed by atoms with Crippen LogP contribution >= 0.6 is 0 Å². The quantitative estimate of drug-likeness (QED) is 0.795. The number of carbonyl (C=O) groups is 2. The van der Waals surface area contributed by atoms with Crippen LogP contribution in [0.1, 0.15) is 39.5 Å². The van der Waals surface area contributed by atoms with E-state index in [1.165, 1.54) is 6.42 Å². The summed E-state index contributed by atoms with van der Waals surface area (Å²) in [5.74, 6) is 0.675.